The van der Waals surface area contributed by atoms with Crippen molar-refractivity contribution in [2.24, 2.45) is 0 Å². The SMILES string of the molecule is C#CCO[C@H]1[C@@H](O)[C@@H](CO)O[C@H](OC)[C@@H]1O. The fourth-order valence-corrected chi connectivity index (χ4v) is 1.59. The van der Waals surface area contributed by atoms with Gasteiger partial charge in [-0.1, -0.05) is 5.92 Å². The van der Waals surface area contributed by atoms with Gasteiger partial charge in [-0.25, -0.2) is 0 Å². The van der Waals surface area contributed by atoms with Gasteiger partial charge in [-0.3, -0.25) is 0 Å². The Kier molecular flexibility index (Phi) is 5.15. The van der Waals surface area contributed by atoms with Crippen LogP contribution < -0.4 is 0 Å². The van der Waals surface area contributed by atoms with Crippen LogP contribution in [0, 0.1) is 12.3 Å². The number of terminal acetylenes is 1. The second-order valence-electron chi connectivity index (χ2n) is 3.42. The average molecular weight is 232 g/mol. The zero-order chi connectivity index (χ0) is 12.1. The Morgan fingerprint density at radius 3 is 2.56 bits per heavy atom. The quantitative estimate of drug-likeness (QED) is 0.490. The van der Waals surface area contributed by atoms with Gasteiger partial charge in [0.25, 0.3) is 0 Å². The summed E-state index contributed by atoms with van der Waals surface area (Å²) in [4.78, 5) is 0. The standard InChI is InChI=1S/C10H16O6/c1-3-4-15-9-7(12)6(5-11)16-10(14-2)8(9)13/h1,6-13H,4-5H2,2H3/t6-,7+,8-,9+,10+/m1/s1. The van der Waals surface area contributed by atoms with Crippen molar-refractivity contribution in [1.29, 1.82) is 0 Å². The zero-order valence-electron chi connectivity index (χ0n) is 8.94. The van der Waals surface area contributed by atoms with E-state index in [1.54, 1.807) is 0 Å². The van der Waals surface area contributed by atoms with E-state index in [0.717, 1.165) is 0 Å². The van der Waals surface area contributed by atoms with Crippen LogP contribution >= 0.6 is 0 Å². The Balaban J connectivity index is 2.72. The highest BCUT2D eigenvalue weighted by molar-refractivity contribution is 4.92. The summed E-state index contributed by atoms with van der Waals surface area (Å²) in [5.74, 6) is 2.23. The fraction of sp³-hybridized carbons (Fsp3) is 0.800. The van der Waals surface area contributed by atoms with Gasteiger partial charge in [0.2, 0.25) is 0 Å². The third-order valence-electron chi connectivity index (χ3n) is 2.41. The third-order valence-corrected chi connectivity index (χ3v) is 2.41. The van der Waals surface area contributed by atoms with E-state index in [-0.39, 0.29) is 6.61 Å². The van der Waals surface area contributed by atoms with Crippen LogP contribution in [-0.4, -0.2) is 66.3 Å². The summed E-state index contributed by atoms with van der Waals surface area (Å²) in [6, 6.07) is 0. The van der Waals surface area contributed by atoms with Crippen molar-refractivity contribution in [1.82, 2.24) is 0 Å². The largest absolute Gasteiger partial charge is 0.394 e. The lowest BCUT2D eigenvalue weighted by molar-refractivity contribution is -0.300. The molecular weight excluding hydrogens is 216 g/mol. The smallest absolute Gasteiger partial charge is 0.186 e. The molecule has 0 unspecified atom stereocenters. The maximum Gasteiger partial charge on any atom is 0.186 e. The Morgan fingerprint density at radius 1 is 1.38 bits per heavy atom. The van der Waals surface area contributed by atoms with Gasteiger partial charge in [0.05, 0.1) is 6.61 Å². The summed E-state index contributed by atoms with van der Waals surface area (Å²) in [6.45, 7) is -0.447. The molecule has 92 valence electrons. The van der Waals surface area contributed by atoms with Crippen LogP contribution in [0.25, 0.3) is 0 Å². The van der Waals surface area contributed by atoms with Gasteiger partial charge in [-0.2, -0.15) is 0 Å². The molecule has 0 aromatic carbocycles. The molecule has 0 spiro atoms. The molecule has 0 saturated carbocycles. The minimum Gasteiger partial charge on any atom is -0.394 e. The lowest BCUT2D eigenvalue weighted by Crippen LogP contribution is -2.59. The Morgan fingerprint density at radius 2 is 2.06 bits per heavy atom. The molecule has 0 radical (unpaired) electrons. The lowest BCUT2D eigenvalue weighted by Gasteiger charge is -2.40. The molecule has 16 heavy (non-hydrogen) atoms. The predicted octanol–water partition coefficient (Wildman–Crippen LogP) is -1.91. The van der Waals surface area contributed by atoms with Gasteiger partial charge in [0.15, 0.2) is 6.29 Å². The van der Waals surface area contributed by atoms with Crippen LogP contribution in [0.5, 0.6) is 0 Å². The van der Waals surface area contributed by atoms with E-state index in [4.69, 9.17) is 25.7 Å². The normalized spacial score (nSPS) is 39.3. The van der Waals surface area contributed by atoms with E-state index in [2.05, 4.69) is 5.92 Å². The first kappa shape index (κ1) is 13.4. The highest BCUT2D eigenvalue weighted by Crippen LogP contribution is 2.23. The van der Waals surface area contributed by atoms with Gasteiger partial charge >= 0.3 is 0 Å². The van der Waals surface area contributed by atoms with Crippen molar-refractivity contribution >= 4 is 0 Å². The number of rotatable bonds is 4. The van der Waals surface area contributed by atoms with Gasteiger partial charge in [-0.15, -0.1) is 6.42 Å². The van der Waals surface area contributed by atoms with E-state index in [1.807, 2.05) is 0 Å². The average Bonchev–Trinajstić information content (AvgIpc) is 2.29. The number of hydrogen-bond acceptors (Lipinski definition) is 6. The Bertz CT molecular complexity index is 234. The molecule has 5 atom stereocenters. The molecule has 0 aromatic heterocycles. The number of ether oxygens (including phenoxy) is 3. The summed E-state index contributed by atoms with van der Waals surface area (Å²) in [5.41, 5.74) is 0. The molecule has 3 N–H and O–H groups in total. The van der Waals surface area contributed by atoms with Crippen LogP contribution in [0.1, 0.15) is 0 Å². The first-order valence-corrected chi connectivity index (χ1v) is 4.86. The first-order chi connectivity index (χ1) is 7.65. The van der Waals surface area contributed by atoms with Crippen molar-refractivity contribution in [2.45, 2.75) is 30.7 Å². The lowest BCUT2D eigenvalue weighted by atomic mass is 9.99. The van der Waals surface area contributed by atoms with Gasteiger partial charge in [0.1, 0.15) is 31.0 Å². The van der Waals surface area contributed by atoms with Crippen LogP contribution in [-0.2, 0) is 14.2 Å². The molecule has 0 aliphatic carbocycles. The van der Waals surface area contributed by atoms with E-state index in [0.29, 0.717) is 0 Å². The number of hydrogen-bond donors (Lipinski definition) is 3. The van der Waals surface area contributed by atoms with E-state index in [9.17, 15) is 10.2 Å². The Hall–Kier alpha value is -0.680. The summed E-state index contributed by atoms with van der Waals surface area (Å²) < 4.78 is 15.1. The zero-order valence-corrected chi connectivity index (χ0v) is 8.94. The second-order valence-corrected chi connectivity index (χ2v) is 3.42. The summed E-state index contributed by atoms with van der Waals surface area (Å²) in [7, 11) is 1.35. The summed E-state index contributed by atoms with van der Waals surface area (Å²) >= 11 is 0. The van der Waals surface area contributed by atoms with E-state index < -0.39 is 37.3 Å². The van der Waals surface area contributed by atoms with Crippen molar-refractivity contribution in [3.05, 3.63) is 0 Å². The molecule has 1 aliphatic heterocycles. The van der Waals surface area contributed by atoms with Crippen molar-refractivity contribution in [2.75, 3.05) is 20.3 Å². The minimum absolute atomic E-state index is 0.0482. The number of aliphatic hydroxyl groups is 3. The Labute approximate surface area is 93.7 Å². The van der Waals surface area contributed by atoms with Crippen LogP contribution in [0.4, 0.5) is 0 Å². The molecule has 1 heterocycles. The first-order valence-electron chi connectivity index (χ1n) is 4.86. The molecule has 1 fully saturated rings. The molecule has 0 amide bonds. The summed E-state index contributed by atoms with van der Waals surface area (Å²) in [5, 5.41) is 28.5. The van der Waals surface area contributed by atoms with Crippen molar-refractivity contribution < 1.29 is 29.5 Å². The maximum absolute atomic E-state index is 9.75. The monoisotopic (exact) mass is 232 g/mol. The number of aliphatic hydroxyl groups excluding tert-OH is 3. The molecule has 1 rings (SSSR count). The van der Waals surface area contributed by atoms with Crippen LogP contribution in [0.3, 0.4) is 0 Å². The molecular formula is C10H16O6. The molecule has 6 nitrogen and oxygen atoms in total. The number of methoxy groups -OCH3 is 1. The van der Waals surface area contributed by atoms with Crippen molar-refractivity contribution in [3.8, 4) is 12.3 Å². The van der Waals surface area contributed by atoms with E-state index >= 15 is 0 Å². The second kappa shape index (κ2) is 6.15. The van der Waals surface area contributed by atoms with Gasteiger partial charge in [-0.05, 0) is 0 Å². The molecule has 1 aliphatic rings. The van der Waals surface area contributed by atoms with Crippen LogP contribution in [0.15, 0.2) is 0 Å². The van der Waals surface area contributed by atoms with Crippen LogP contribution in [0.2, 0.25) is 0 Å². The van der Waals surface area contributed by atoms with E-state index in [1.165, 1.54) is 7.11 Å². The fourth-order valence-electron chi connectivity index (χ4n) is 1.59. The molecule has 6 heteroatoms. The van der Waals surface area contributed by atoms with Crippen molar-refractivity contribution in [3.63, 3.8) is 0 Å². The highest BCUT2D eigenvalue weighted by atomic mass is 16.7. The molecule has 1 saturated heterocycles. The van der Waals surface area contributed by atoms with Gasteiger partial charge in [0, 0.05) is 7.11 Å². The predicted molar refractivity (Wildman–Crippen MR) is 53.3 cm³/mol. The molecule has 0 aromatic rings. The molecule has 0 bridgehead atoms. The maximum atomic E-state index is 9.75. The topological polar surface area (TPSA) is 88.4 Å². The summed E-state index contributed by atoms with van der Waals surface area (Å²) in [6.07, 6.45) is -0.0466. The minimum atomic E-state index is -1.16. The third kappa shape index (κ3) is 2.71. The van der Waals surface area contributed by atoms with Gasteiger partial charge < -0.3 is 29.5 Å². The highest BCUT2D eigenvalue weighted by Gasteiger charge is 2.45.